The Bertz CT molecular complexity index is 2570. The molecular formula is C53H77FN14O19. The maximum atomic E-state index is 13.7. The summed E-state index contributed by atoms with van der Waals surface area (Å²) in [6, 6.07) is -3.17. The number of benzene rings is 1. The maximum Gasteiger partial charge on any atom is 0.326 e. The molecule has 0 spiro atoms. The lowest BCUT2D eigenvalue weighted by molar-refractivity contribution is -0.142. The summed E-state index contributed by atoms with van der Waals surface area (Å²) in [6.45, 7) is 1.31. The standard InChI is InChI=1S/C53H77FN14O19/c54-21-5-6-35-32-68(63-62-35)36-13-9-33(10-14-36)45(75)57-34(11-17-41(69)64-24-28-66(29-25-64)52(86)55-22-3-1-7-37(46(76)77)58-50(84)60-39(48(80)81)15-19-43(71)72)12-18-42(70)65-26-30-67(31-27-65)53(87)56-23-4-2-8-38(47(78)79)59-51(85)61-40(49(82)83)16-20-44(73)74/h9-10,13-14,32,34,37-40H,1-8,11-12,15-31H2,(H,55,86)(H,56,87)(H,57,75)(H,71,72)(H,73,74)(H,76,77)(H,78,79)(H,80,81)(H,82,83)(H2,58,60,84)(H2,59,61,85)/t37-,38-,39-,40-/m0/s1. The molecule has 0 saturated carbocycles. The molecule has 2 aromatic rings. The van der Waals surface area contributed by atoms with Gasteiger partial charge in [-0.3, -0.25) is 28.4 Å². The molecule has 0 unspecified atom stereocenters. The van der Waals surface area contributed by atoms with Gasteiger partial charge in [-0.15, -0.1) is 5.10 Å². The molecule has 2 saturated heterocycles. The molecule has 1 aromatic heterocycles. The lowest BCUT2D eigenvalue weighted by Crippen LogP contribution is -2.53. The molecular weight excluding hydrogens is 1160 g/mol. The number of urea groups is 4. The Hall–Kier alpha value is -9.40. The number of unbranched alkanes of at least 4 members (excludes halogenated alkanes) is 2. The molecule has 480 valence electrons. The number of aryl methyl sites for hydroxylation is 1. The third-order valence-electron chi connectivity index (χ3n) is 14.2. The summed E-state index contributed by atoms with van der Waals surface area (Å²) in [7, 11) is 0. The van der Waals surface area contributed by atoms with Crippen molar-refractivity contribution < 1.29 is 97.4 Å². The van der Waals surface area contributed by atoms with E-state index in [1.54, 1.807) is 40.3 Å². The van der Waals surface area contributed by atoms with Crippen LogP contribution < -0.4 is 37.2 Å². The average Bonchev–Trinajstić information content (AvgIpc) is 4.24. The SMILES string of the molecule is O=C(O)CC[C@H](NC(=O)N[C@@H](CCCCNC(=O)N1CCN(C(=O)CCC(CCC(=O)N2CCN(C(=O)NCCCC[C@H](NC(=O)N[C@@H](CCC(=O)O)C(=O)O)C(=O)O)CC2)NC(=O)c2ccc(-n3cc(CCCF)nn3)cc2)CC1)C(=O)O)C(=O)O. The summed E-state index contributed by atoms with van der Waals surface area (Å²) in [6.07, 6.45) is 1.66. The lowest BCUT2D eigenvalue weighted by Gasteiger charge is -2.35. The van der Waals surface area contributed by atoms with Gasteiger partial charge in [-0.1, -0.05) is 5.21 Å². The zero-order valence-electron chi connectivity index (χ0n) is 47.9. The van der Waals surface area contributed by atoms with Crippen LogP contribution in [0.25, 0.3) is 5.69 Å². The van der Waals surface area contributed by atoms with Crippen LogP contribution in [0, 0.1) is 0 Å². The van der Waals surface area contributed by atoms with Gasteiger partial charge in [0.05, 0.1) is 24.3 Å². The van der Waals surface area contributed by atoms with Gasteiger partial charge in [0.2, 0.25) is 11.8 Å². The fourth-order valence-electron chi connectivity index (χ4n) is 9.18. The molecule has 0 bridgehead atoms. The van der Waals surface area contributed by atoms with Crippen LogP contribution in [0.2, 0.25) is 0 Å². The predicted octanol–water partition coefficient (Wildman–Crippen LogP) is 0.0172. The van der Waals surface area contributed by atoms with Crippen LogP contribution in [0.1, 0.15) is 112 Å². The van der Waals surface area contributed by atoms with Crippen LogP contribution >= 0.6 is 0 Å². The molecule has 2 fully saturated rings. The minimum Gasteiger partial charge on any atom is -0.481 e. The number of carbonyl (C=O) groups excluding carboxylic acids is 7. The molecule has 11 amide bonds. The highest BCUT2D eigenvalue weighted by Gasteiger charge is 2.30. The Morgan fingerprint density at radius 2 is 0.862 bits per heavy atom. The number of carbonyl (C=O) groups is 13. The number of hydrogen-bond acceptors (Lipinski definition) is 15. The summed E-state index contributed by atoms with van der Waals surface area (Å²) >= 11 is 0. The minimum atomic E-state index is -1.56. The monoisotopic (exact) mass is 1230 g/mol. The largest absolute Gasteiger partial charge is 0.481 e. The number of nitrogens with zero attached hydrogens (tertiary/aromatic N) is 7. The van der Waals surface area contributed by atoms with Gasteiger partial charge in [0.15, 0.2) is 0 Å². The summed E-state index contributed by atoms with van der Waals surface area (Å²) in [5.41, 5.74) is 1.47. The van der Waals surface area contributed by atoms with Gasteiger partial charge in [0, 0.05) is 103 Å². The number of rotatable bonds is 36. The van der Waals surface area contributed by atoms with E-state index in [9.17, 15) is 87.1 Å². The molecule has 4 atom stereocenters. The average molecular weight is 1230 g/mol. The first-order valence-corrected chi connectivity index (χ1v) is 28.4. The zero-order valence-corrected chi connectivity index (χ0v) is 47.9. The molecule has 33 nitrogen and oxygen atoms in total. The van der Waals surface area contributed by atoms with E-state index in [2.05, 4.69) is 47.5 Å². The Morgan fingerprint density at radius 1 is 0.471 bits per heavy atom. The summed E-state index contributed by atoms with van der Waals surface area (Å²) in [5, 5.41) is 80.4. The van der Waals surface area contributed by atoms with Crippen molar-refractivity contribution in [2.75, 3.05) is 72.1 Å². The Labute approximate surface area is 498 Å². The maximum absolute atomic E-state index is 13.7. The molecule has 87 heavy (non-hydrogen) atoms. The first-order valence-electron chi connectivity index (χ1n) is 28.4. The van der Waals surface area contributed by atoms with Crippen molar-refractivity contribution in [1.29, 1.82) is 0 Å². The van der Waals surface area contributed by atoms with Crippen molar-refractivity contribution in [1.82, 2.24) is 71.8 Å². The number of aliphatic carboxylic acids is 6. The Morgan fingerprint density at radius 3 is 1.24 bits per heavy atom. The van der Waals surface area contributed by atoms with Gasteiger partial charge in [-0.25, -0.2) is 43.0 Å². The van der Waals surface area contributed by atoms with Crippen molar-refractivity contribution in [3.63, 3.8) is 0 Å². The molecule has 0 radical (unpaired) electrons. The van der Waals surface area contributed by atoms with Crippen molar-refractivity contribution in [3.05, 3.63) is 41.7 Å². The van der Waals surface area contributed by atoms with Gasteiger partial charge in [-0.05, 0) is 101 Å². The summed E-state index contributed by atoms with van der Waals surface area (Å²) in [5.74, 6) is -9.30. The number of hydrogen-bond donors (Lipinski definition) is 13. The van der Waals surface area contributed by atoms with Crippen molar-refractivity contribution >= 4 is 77.7 Å². The molecule has 34 heteroatoms. The topological polar surface area (TPSA) is 471 Å². The second-order valence-corrected chi connectivity index (χ2v) is 20.6. The predicted molar refractivity (Wildman–Crippen MR) is 299 cm³/mol. The van der Waals surface area contributed by atoms with Gasteiger partial charge in [-0.2, -0.15) is 0 Å². The third-order valence-corrected chi connectivity index (χ3v) is 14.2. The molecule has 2 aliphatic rings. The highest BCUT2D eigenvalue weighted by atomic mass is 19.1. The number of aromatic nitrogens is 3. The Balaban J connectivity index is 1.24. The first kappa shape index (κ1) is 70.1. The van der Waals surface area contributed by atoms with Crippen molar-refractivity contribution in [3.8, 4) is 5.69 Å². The third kappa shape index (κ3) is 25.4. The van der Waals surface area contributed by atoms with Crippen LogP contribution in [0.3, 0.4) is 0 Å². The number of halogens is 1. The van der Waals surface area contributed by atoms with Crippen molar-refractivity contribution in [2.24, 2.45) is 0 Å². The fraction of sp³-hybridized carbons (Fsp3) is 0.604. The second kappa shape index (κ2) is 36.4. The van der Waals surface area contributed by atoms with E-state index in [0.29, 0.717) is 37.1 Å². The highest BCUT2D eigenvalue weighted by Crippen LogP contribution is 2.16. The second-order valence-electron chi connectivity index (χ2n) is 20.6. The number of carboxylic acids is 6. The molecule has 2 aliphatic heterocycles. The van der Waals surface area contributed by atoms with Crippen LogP contribution in [0.15, 0.2) is 30.5 Å². The summed E-state index contributed by atoms with van der Waals surface area (Å²) < 4.78 is 14.2. The van der Waals surface area contributed by atoms with E-state index in [1.807, 2.05) is 0 Å². The van der Waals surface area contributed by atoms with E-state index in [4.69, 9.17) is 10.2 Å². The van der Waals surface area contributed by atoms with E-state index in [0.717, 1.165) is 0 Å². The van der Waals surface area contributed by atoms with Gasteiger partial charge in [0.25, 0.3) is 5.91 Å². The van der Waals surface area contributed by atoms with Crippen LogP contribution in [-0.2, 0) is 44.8 Å². The number of amides is 11. The zero-order chi connectivity index (χ0) is 64.0. The quantitative estimate of drug-likeness (QED) is 0.0400. The van der Waals surface area contributed by atoms with Crippen LogP contribution in [-0.4, -0.2) is 245 Å². The molecule has 3 heterocycles. The van der Waals surface area contributed by atoms with E-state index in [1.165, 1.54) is 14.5 Å². The first-order chi connectivity index (χ1) is 41.4. The molecule has 1 aromatic carbocycles. The highest BCUT2D eigenvalue weighted by molar-refractivity contribution is 5.95. The number of piperazine rings is 2. The minimum absolute atomic E-state index is 0.0193. The molecule has 13 N–H and O–H groups in total. The van der Waals surface area contributed by atoms with Crippen molar-refractivity contribution in [2.45, 2.75) is 133 Å². The van der Waals surface area contributed by atoms with E-state index in [-0.39, 0.29) is 134 Å². The molecule has 0 aliphatic carbocycles. The number of alkyl halides is 1. The number of carboxylic acid groups (broad SMARTS) is 6. The van der Waals surface area contributed by atoms with E-state index < -0.39 is 128 Å². The lowest BCUT2D eigenvalue weighted by atomic mass is 10.0. The van der Waals surface area contributed by atoms with Gasteiger partial charge >= 0.3 is 59.9 Å². The van der Waals surface area contributed by atoms with E-state index >= 15 is 0 Å². The molecule has 4 rings (SSSR count). The van der Waals surface area contributed by atoms with Crippen LogP contribution in [0.5, 0.6) is 0 Å². The van der Waals surface area contributed by atoms with Gasteiger partial charge < -0.3 is 87.5 Å². The van der Waals surface area contributed by atoms with Crippen LogP contribution in [0.4, 0.5) is 23.6 Å². The van der Waals surface area contributed by atoms with Gasteiger partial charge in [0.1, 0.15) is 24.2 Å². The smallest absolute Gasteiger partial charge is 0.326 e. The summed E-state index contributed by atoms with van der Waals surface area (Å²) in [4.78, 5) is 166. The Kier molecular flexibility index (Phi) is 29.4. The normalized spacial score (nSPS) is 14.6. The fourth-order valence-corrected chi connectivity index (χ4v) is 9.18. The number of nitrogens with one attached hydrogen (secondary N) is 7.